The van der Waals surface area contributed by atoms with Gasteiger partial charge in [0.2, 0.25) is 0 Å². The van der Waals surface area contributed by atoms with Crippen molar-refractivity contribution in [3.8, 4) is 0 Å². The summed E-state index contributed by atoms with van der Waals surface area (Å²) in [5, 5.41) is 5.30. The molecule has 1 heteroatoms. The molecule has 0 aliphatic carbocycles. The molecule has 0 radical (unpaired) electrons. The minimum atomic E-state index is 0. The summed E-state index contributed by atoms with van der Waals surface area (Å²) < 4.78 is 0. The molecule has 15 heavy (non-hydrogen) atoms. The van der Waals surface area contributed by atoms with Crippen LogP contribution in [0.25, 0.3) is 21.5 Å². The van der Waals surface area contributed by atoms with E-state index in [1.807, 2.05) is 0 Å². The number of hydrogen-bond acceptors (Lipinski definition) is 0. The van der Waals surface area contributed by atoms with E-state index in [2.05, 4.69) is 60.7 Å². The topological polar surface area (TPSA) is 0 Å². The SMILES string of the molecule is [Cd].c1ccc2c(c1)ccc1ccccc12. The maximum atomic E-state index is 2.18. The van der Waals surface area contributed by atoms with Crippen LogP contribution in [0.2, 0.25) is 0 Å². The predicted molar refractivity (Wildman–Crippen MR) is 61.5 cm³/mol. The van der Waals surface area contributed by atoms with Crippen LogP contribution in [0, 0.1) is 0 Å². The zero-order chi connectivity index (χ0) is 9.38. The summed E-state index contributed by atoms with van der Waals surface area (Å²) in [6.45, 7) is 0. The molecule has 0 fully saturated rings. The van der Waals surface area contributed by atoms with E-state index in [1.54, 1.807) is 0 Å². The minimum Gasteiger partial charge on any atom is -0.0616 e. The van der Waals surface area contributed by atoms with Gasteiger partial charge in [-0.15, -0.1) is 0 Å². The third kappa shape index (κ3) is 1.78. The van der Waals surface area contributed by atoms with E-state index in [0.717, 1.165) is 0 Å². The summed E-state index contributed by atoms with van der Waals surface area (Å²) in [7, 11) is 0. The van der Waals surface area contributed by atoms with E-state index < -0.39 is 0 Å². The molecule has 68 valence electrons. The van der Waals surface area contributed by atoms with Crippen LogP contribution in [0.3, 0.4) is 0 Å². The molecule has 0 N–H and O–H groups in total. The van der Waals surface area contributed by atoms with Gasteiger partial charge in [0.15, 0.2) is 0 Å². The zero-order valence-electron chi connectivity index (χ0n) is 8.48. The van der Waals surface area contributed by atoms with Gasteiger partial charge in [0.1, 0.15) is 0 Å². The van der Waals surface area contributed by atoms with E-state index in [0.29, 0.717) is 0 Å². The van der Waals surface area contributed by atoms with Crippen LogP contribution in [0.4, 0.5) is 0 Å². The Labute approximate surface area is 109 Å². The molecular formula is C14H10Cd. The van der Waals surface area contributed by atoms with Crippen LogP contribution >= 0.6 is 0 Å². The van der Waals surface area contributed by atoms with Gasteiger partial charge in [-0.2, -0.15) is 0 Å². The second kappa shape index (κ2) is 4.31. The molecule has 0 saturated heterocycles. The fraction of sp³-hybridized carbons (Fsp3) is 0. The number of fused-ring (bicyclic) bond motifs is 3. The quantitative estimate of drug-likeness (QED) is 0.434. The molecule has 3 aromatic carbocycles. The van der Waals surface area contributed by atoms with Gasteiger partial charge < -0.3 is 0 Å². The van der Waals surface area contributed by atoms with Gasteiger partial charge in [-0.3, -0.25) is 0 Å². The van der Waals surface area contributed by atoms with Crippen LogP contribution in [0.1, 0.15) is 0 Å². The molecule has 3 rings (SSSR count). The van der Waals surface area contributed by atoms with Crippen LogP contribution in [-0.2, 0) is 27.3 Å². The molecule has 3 aromatic rings. The van der Waals surface area contributed by atoms with Gasteiger partial charge >= 0.3 is 0 Å². The number of rotatable bonds is 0. The van der Waals surface area contributed by atoms with E-state index in [1.165, 1.54) is 21.5 Å². The van der Waals surface area contributed by atoms with Gasteiger partial charge in [-0.25, -0.2) is 0 Å². The van der Waals surface area contributed by atoms with Crippen LogP contribution in [0.5, 0.6) is 0 Å². The molecule has 0 atom stereocenters. The maximum absolute atomic E-state index is 2.18. The van der Waals surface area contributed by atoms with E-state index >= 15 is 0 Å². The number of benzene rings is 3. The third-order valence-electron chi connectivity index (χ3n) is 2.65. The van der Waals surface area contributed by atoms with Crippen LogP contribution in [-0.4, -0.2) is 0 Å². The van der Waals surface area contributed by atoms with Crippen molar-refractivity contribution in [2.45, 2.75) is 0 Å². The minimum absolute atomic E-state index is 0. The zero-order valence-corrected chi connectivity index (χ0v) is 12.5. The Morgan fingerprint density at radius 3 is 1.33 bits per heavy atom. The summed E-state index contributed by atoms with van der Waals surface area (Å²) in [6.07, 6.45) is 0. The normalized spacial score (nSPS) is 10.1. The standard InChI is InChI=1S/C14H10.Cd/c1-3-7-13-11(5-1)9-10-12-6-2-4-8-14(12)13;/h1-10H;. The molecule has 0 amide bonds. The van der Waals surface area contributed by atoms with Crippen molar-refractivity contribution in [3.63, 3.8) is 0 Å². The van der Waals surface area contributed by atoms with Crippen LogP contribution < -0.4 is 0 Å². The first kappa shape index (κ1) is 10.6. The molecule has 0 heterocycles. The van der Waals surface area contributed by atoms with Crippen molar-refractivity contribution in [1.82, 2.24) is 0 Å². The van der Waals surface area contributed by atoms with Crippen molar-refractivity contribution in [2.24, 2.45) is 0 Å². The van der Waals surface area contributed by atoms with Crippen molar-refractivity contribution < 1.29 is 27.3 Å². The summed E-state index contributed by atoms with van der Waals surface area (Å²) in [5.74, 6) is 0. The summed E-state index contributed by atoms with van der Waals surface area (Å²) >= 11 is 0. The van der Waals surface area contributed by atoms with E-state index in [4.69, 9.17) is 0 Å². The predicted octanol–water partition coefficient (Wildman–Crippen LogP) is 3.99. The molecule has 0 spiro atoms. The van der Waals surface area contributed by atoms with Crippen molar-refractivity contribution in [3.05, 3.63) is 60.7 Å². The summed E-state index contributed by atoms with van der Waals surface area (Å²) in [5.41, 5.74) is 0. The second-order valence-corrected chi connectivity index (χ2v) is 3.51. The Balaban J connectivity index is 0.000000853. The molecule has 0 aliphatic heterocycles. The first-order valence-corrected chi connectivity index (χ1v) is 4.82. The molecule has 0 nitrogen and oxygen atoms in total. The van der Waals surface area contributed by atoms with Gasteiger partial charge in [0.25, 0.3) is 0 Å². The van der Waals surface area contributed by atoms with Crippen molar-refractivity contribution in [1.29, 1.82) is 0 Å². The average Bonchev–Trinajstić information content (AvgIpc) is 2.29. The first-order valence-electron chi connectivity index (χ1n) is 4.82. The Morgan fingerprint density at radius 2 is 0.867 bits per heavy atom. The fourth-order valence-electron chi connectivity index (χ4n) is 1.95. The molecular weight excluding hydrogens is 281 g/mol. The smallest absolute Gasteiger partial charge is 0 e. The molecule has 0 saturated carbocycles. The van der Waals surface area contributed by atoms with Gasteiger partial charge in [-0.05, 0) is 21.5 Å². The third-order valence-corrected chi connectivity index (χ3v) is 2.65. The summed E-state index contributed by atoms with van der Waals surface area (Å²) in [6, 6.07) is 21.4. The van der Waals surface area contributed by atoms with Crippen molar-refractivity contribution >= 4 is 21.5 Å². The van der Waals surface area contributed by atoms with Gasteiger partial charge in [-0.1, -0.05) is 60.7 Å². The van der Waals surface area contributed by atoms with Gasteiger partial charge in [0, 0.05) is 27.3 Å². The summed E-state index contributed by atoms with van der Waals surface area (Å²) in [4.78, 5) is 0. The van der Waals surface area contributed by atoms with Crippen molar-refractivity contribution in [2.75, 3.05) is 0 Å². The first-order chi connectivity index (χ1) is 6.95. The number of hydrogen-bond donors (Lipinski definition) is 0. The Kier molecular flexibility index (Phi) is 3.05. The maximum Gasteiger partial charge on any atom is 0 e. The Morgan fingerprint density at radius 1 is 0.467 bits per heavy atom. The molecule has 0 aromatic heterocycles. The largest absolute Gasteiger partial charge is 0.0616 e. The molecule has 0 unspecified atom stereocenters. The molecule has 0 aliphatic rings. The Bertz CT molecular complexity index is 544. The Hall–Kier alpha value is -0.898. The monoisotopic (exact) mass is 292 g/mol. The van der Waals surface area contributed by atoms with Gasteiger partial charge in [0.05, 0.1) is 0 Å². The fourth-order valence-corrected chi connectivity index (χ4v) is 1.95. The van der Waals surface area contributed by atoms with Crippen LogP contribution in [0.15, 0.2) is 60.7 Å². The molecule has 0 bridgehead atoms. The van der Waals surface area contributed by atoms with E-state index in [9.17, 15) is 0 Å². The second-order valence-electron chi connectivity index (χ2n) is 3.51. The van der Waals surface area contributed by atoms with E-state index in [-0.39, 0.29) is 27.3 Å². The average molecular weight is 291 g/mol.